The Morgan fingerprint density at radius 3 is 2.46 bits per heavy atom. The molecule has 1 aliphatic rings. The molecule has 202 valence electrons. The molecule has 8 nitrogen and oxygen atoms in total. The summed E-state index contributed by atoms with van der Waals surface area (Å²) in [5, 5.41) is 3.57. The summed E-state index contributed by atoms with van der Waals surface area (Å²) in [6.07, 6.45) is 5.04. The first-order valence-electron chi connectivity index (χ1n) is 13.1. The van der Waals surface area contributed by atoms with Gasteiger partial charge in [-0.2, -0.15) is 0 Å². The minimum absolute atomic E-state index is 0.0703. The maximum atomic E-state index is 13.6. The van der Waals surface area contributed by atoms with E-state index in [2.05, 4.69) is 10.3 Å². The Kier molecular flexibility index (Phi) is 7.84. The summed E-state index contributed by atoms with van der Waals surface area (Å²) < 4.78 is 8.47. The third-order valence-electron chi connectivity index (χ3n) is 7.53. The van der Waals surface area contributed by atoms with Crippen LogP contribution in [0.4, 0.5) is 0 Å². The van der Waals surface area contributed by atoms with Crippen molar-refractivity contribution in [1.29, 1.82) is 0 Å². The zero-order valence-electron chi connectivity index (χ0n) is 22.0. The number of aryl methyl sites for hydroxylation is 1. The molecular formula is C30H31ClN4O4. The lowest BCUT2D eigenvalue weighted by Gasteiger charge is -2.29. The van der Waals surface area contributed by atoms with Gasteiger partial charge in [0.15, 0.2) is 0 Å². The highest BCUT2D eigenvalue weighted by molar-refractivity contribution is 6.30. The summed E-state index contributed by atoms with van der Waals surface area (Å²) in [5.74, 6) is -0.230. The Bertz CT molecular complexity index is 1580. The highest BCUT2D eigenvalue weighted by atomic mass is 35.5. The van der Waals surface area contributed by atoms with Crippen LogP contribution in [0, 0.1) is 12.8 Å². The van der Waals surface area contributed by atoms with Crippen LogP contribution in [0.15, 0.2) is 65.6 Å². The number of hydrogen-bond donors (Lipinski definition) is 1. The lowest BCUT2D eigenvalue weighted by Crippen LogP contribution is -2.39. The topological polar surface area (TPSA) is 95.2 Å². The summed E-state index contributed by atoms with van der Waals surface area (Å²) in [4.78, 5) is 42.6. The lowest BCUT2D eigenvalue weighted by atomic mass is 9.85. The predicted molar refractivity (Wildman–Crippen MR) is 150 cm³/mol. The van der Waals surface area contributed by atoms with Crippen molar-refractivity contribution in [2.75, 3.05) is 7.11 Å². The third-order valence-corrected chi connectivity index (χ3v) is 7.74. The molecule has 9 heteroatoms. The maximum absolute atomic E-state index is 13.6. The monoisotopic (exact) mass is 546 g/mol. The van der Waals surface area contributed by atoms with Crippen molar-refractivity contribution in [1.82, 2.24) is 19.4 Å². The molecule has 0 atom stereocenters. The molecule has 2 aromatic heterocycles. The second-order valence-corrected chi connectivity index (χ2v) is 10.6. The van der Waals surface area contributed by atoms with E-state index >= 15 is 0 Å². The Morgan fingerprint density at radius 2 is 1.74 bits per heavy atom. The van der Waals surface area contributed by atoms with Crippen molar-refractivity contribution in [2.24, 2.45) is 5.92 Å². The molecule has 0 radical (unpaired) electrons. The molecule has 4 aromatic rings. The Morgan fingerprint density at radius 1 is 1.03 bits per heavy atom. The molecule has 1 N–H and O–H groups in total. The van der Waals surface area contributed by atoms with E-state index in [1.165, 1.54) is 13.3 Å². The fourth-order valence-electron chi connectivity index (χ4n) is 5.45. The van der Waals surface area contributed by atoms with E-state index < -0.39 is 5.97 Å². The molecule has 1 fully saturated rings. The zero-order chi connectivity index (χ0) is 27.5. The molecule has 2 aromatic carbocycles. The van der Waals surface area contributed by atoms with Crippen molar-refractivity contribution in [2.45, 2.75) is 51.7 Å². The molecule has 0 spiro atoms. The summed E-state index contributed by atoms with van der Waals surface area (Å²) in [7, 11) is 1.35. The first kappa shape index (κ1) is 26.7. The van der Waals surface area contributed by atoms with Crippen molar-refractivity contribution in [3.63, 3.8) is 0 Å². The van der Waals surface area contributed by atoms with Crippen molar-refractivity contribution < 1.29 is 14.3 Å². The van der Waals surface area contributed by atoms with Gasteiger partial charge >= 0.3 is 11.7 Å². The average Bonchev–Trinajstić information content (AvgIpc) is 3.21. The minimum atomic E-state index is -0.405. The molecule has 0 bridgehead atoms. The van der Waals surface area contributed by atoms with Gasteiger partial charge in [0.1, 0.15) is 0 Å². The number of aromatic nitrogens is 3. The van der Waals surface area contributed by atoms with E-state index in [1.807, 2.05) is 34.9 Å². The molecule has 2 heterocycles. The number of imidazole rings is 1. The van der Waals surface area contributed by atoms with E-state index in [-0.39, 0.29) is 17.6 Å². The van der Waals surface area contributed by atoms with Crippen LogP contribution in [0.5, 0.6) is 0 Å². The van der Waals surface area contributed by atoms with Gasteiger partial charge < -0.3 is 10.1 Å². The van der Waals surface area contributed by atoms with Gasteiger partial charge in [-0.25, -0.2) is 9.59 Å². The number of halogens is 1. The molecule has 39 heavy (non-hydrogen) atoms. The van der Waals surface area contributed by atoms with Gasteiger partial charge in [-0.1, -0.05) is 35.9 Å². The fraction of sp³-hybridized carbons (Fsp3) is 0.333. The van der Waals surface area contributed by atoms with Crippen molar-refractivity contribution in [3.05, 3.63) is 98.7 Å². The largest absolute Gasteiger partial charge is 0.465 e. The van der Waals surface area contributed by atoms with Gasteiger partial charge in [0, 0.05) is 18.8 Å². The predicted octanol–water partition coefficient (Wildman–Crippen LogP) is 4.98. The number of amides is 1. The number of hydrogen-bond acceptors (Lipinski definition) is 5. The summed E-state index contributed by atoms with van der Waals surface area (Å²) in [5.41, 5.74) is 4.14. The molecule has 1 amide bonds. The number of methoxy groups -OCH3 is 1. The maximum Gasteiger partial charge on any atom is 0.337 e. The molecule has 5 rings (SSSR count). The number of esters is 1. The number of rotatable bonds is 7. The molecular weight excluding hydrogens is 516 g/mol. The number of para-hydroxylation sites is 2. The van der Waals surface area contributed by atoms with Crippen molar-refractivity contribution >= 4 is 34.5 Å². The van der Waals surface area contributed by atoms with E-state index in [0.717, 1.165) is 42.3 Å². The molecule has 0 unspecified atom stereocenters. The number of carbonyl (C=O) groups is 2. The fourth-order valence-corrected chi connectivity index (χ4v) is 5.60. The van der Waals surface area contributed by atoms with Crippen LogP contribution in [0.1, 0.15) is 57.7 Å². The smallest absolute Gasteiger partial charge is 0.337 e. The van der Waals surface area contributed by atoms with Crippen molar-refractivity contribution in [3.8, 4) is 0 Å². The van der Waals surface area contributed by atoms with Crippen LogP contribution in [0.2, 0.25) is 5.02 Å². The average molecular weight is 547 g/mol. The normalized spacial score (nSPS) is 17.2. The number of ether oxygens (including phenoxy) is 1. The van der Waals surface area contributed by atoms with Gasteiger partial charge in [-0.05, 0) is 74.4 Å². The molecule has 1 aliphatic carbocycles. The highest BCUT2D eigenvalue weighted by Gasteiger charge is 2.25. The van der Waals surface area contributed by atoms with Crippen LogP contribution in [-0.4, -0.2) is 39.1 Å². The number of pyridine rings is 1. The van der Waals surface area contributed by atoms with Crippen LogP contribution < -0.4 is 11.0 Å². The van der Waals surface area contributed by atoms with Crippen LogP contribution >= 0.6 is 11.6 Å². The van der Waals surface area contributed by atoms with Gasteiger partial charge in [0.25, 0.3) is 5.91 Å². The number of nitrogens with zero attached hydrogens (tertiary/aromatic N) is 3. The first-order chi connectivity index (χ1) is 18.8. The lowest BCUT2D eigenvalue weighted by molar-refractivity contribution is 0.0600. The summed E-state index contributed by atoms with van der Waals surface area (Å²) in [6.45, 7) is 2.77. The van der Waals surface area contributed by atoms with E-state index in [0.29, 0.717) is 40.9 Å². The highest BCUT2D eigenvalue weighted by Crippen LogP contribution is 2.27. The number of nitrogens with one attached hydrogen (secondary N) is 1. The van der Waals surface area contributed by atoms with Gasteiger partial charge in [-0.3, -0.25) is 18.9 Å². The number of benzene rings is 2. The van der Waals surface area contributed by atoms with Crippen LogP contribution in [0.3, 0.4) is 0 Å². The summed E-state index contributed by atoms with van der Waals surface area (Å²) in [6, 6.07) is 16.7. The Hall–Kier alpha value is -3.91. The van der Waals surface area contributed by atoms with Gasteiger partial charge in [0.05, 0.1) is 46.5 Å². The SMILES string of the molecule is COC(=O)c1cccc(Cn2c(=O)n(CC3CCC(NC(=O)c4cc(Cl)cnc4C)CC3)c3ccccc32)c1. The van der Waals surface area contributed by atoms with E-state index in [9.17, 15) is 14.4 Å². The third kappa shape index (κ3) is 5.76. The van der Waals surface area contributed by atoms with Gasteiger partial charge in [-0.15, -0.1) is 0 Å². The van der Waals surface area contributed by atoms with Crippen LogP contribution in [-0.2, 0) is 17.8 Å². The summed E-state index contributed by atoms with van der Waals surface area (Å²) >= 11 is 6.04. The minimum Gasteiger partial charge on any atom is -0.465 e. The standard InChI is InChI=1S/C30H31ClN4O4/c1-19-25(15-23(31)16-32-19)28(36)33-24-12-10-20(11-13-24)17-34-26-8-3-4-9-27(26)35(30(34)38)18-21-6-5-7-22(14-21)29(37)39-2/h3-9,14-16,20,24H,10-13,17-18H2,1-2H3,(H,33,36). The first-order valence-corrected chi connectivity index (χ1v) is 13.5. The molecule has 0 aliphatic heterocycles. The second kappa shape index (κ2) is 11.5. The van der Waals surface area contributed by atoms with Gasteiger partial charge in [0.2, 0.25) is 0 Å². The Balaban J connectivity index is 1.29. The molecule has 0 saturated heterocycles. The van der Waals surface area contributed by atoms with Crippen LogP contribution in [0.25, 0.3) is 11.0 Å². The zero-order valence-corrected chi connectivity index (χ0v) is 22.8. The number of fused-ring (bicyclic) bond motifs is 1. The molecule has 1 saturated carbocycles. The second-order valence-electron chi connectivity index (χ2n) is 10.1. The number of carbonyl (C=O) groups excluding carboxylic acids is 2. The quantitative estimate of drug-likeness (QED) is 0.330. The Labute approximate surface area is 231 Å². The van der Waals surface area contributed by atoms with E-state index in [4.69, 9.17) is 16.3 Å². The van der Waals surface area contributed by atoms with E-state index in [1.54, 1.807) is 35.8 Å².